The molecule has 0 bridgehead atoms. The predicted molar refractivity (Wildman–Crippen MR) is 97.2 cm³/mol. The summed E-state index contributed by atoms with van der Waals surface area (Å²) in [7, 11) is 1.33. The van der Waals surface area contributed by atoms with Gasteiger partial charge in [-0.15, -0.1) is 0 Å². The van der Waals surface area contributed by atoms with Gasteiger partial charge in [0.15, 0.2) is 0 Å². The van der Waals surface area contributed by atoms with Gasteiger partial charge in [0, 0.05) is 5.57 Å². The van der Waals surface area contributed by atoms with E-state index >= 15 is 0 Å². The Balaban J connectivity index is 2.02. The number of methoxy groups -OCH3 is 1. The van der Waals surface area contributed by atoms with Crippen LogP contribution in [0.3, 0.4) is 0 Å². The summed E-state index contributed by atoms with van der Waals surface area (Å²) >= 11 is 0. The van der Waals surface area contributed by atoms with Crippen LogP contribution < -0.4 is 4.74 Å². The number of hydrogen-bond acceptors (Lipinski definition) is 4. The fourth-order valence-electron chi connectivity index (χ4n) is 2.17. The van der Waals surface area contributed by atoms with Crippen LogP contribution in [0.25, 0.3) is 5.57 Å². The van der Waals surface area contributed by atoms with Crippen molar-refractivity contribution in [1.29, 1.82) is 0 Å². The Labute approximate surface area is 147 Å². The highest BCUT2D eigenvalue weighted by Crippen LogP contribution is 2.19. The summed E-state index contributed by atoms with van der Waals surface area (Å²) in [5.41, 5.74) is 3.59. The van der Waals surface area contributed by atoms with Crippen LogP contribution in [-0.4, -0.2) is 19.0 Å². The summed E-state index contributed by atoms with van der Waals surface area (Å²) in [5, 5.41) is 0. The third-order valence-corrected chi connectivity index (χ3v) is 3.62. The topological polar surface area (TPSA) is 52.6 Å². The Morgan fingerprint density at radius 2 is 1.40 bits per heavy atom. The second-order valence-corrected chi connectivity index (χ2v) is 5.66. The summed E-state index contributed by atoms with van der Waals surface area (Å²) in [5.74, 6) is -0.386. The minimum Gasteiger partial charge on any atom is -0.465 e. The van der Waals surface area contributed by atoms with Crippen molar-refractivity contribution < 1.29 is 19.1 Å². The molecule has 2 aromatic rings. The zero-order valence-corrected chi connectivity index (χ0v) is 14.4. The van der Waals surface area contributed by atoms with Gasteiger partial charge < -0.3 is 9.47 Å². The van der Waals surface area contributed by atoms with Crippen molar-refractivity contribution in [1.82, 2.24) is 0 Å². The number of esters is 2. The second kappa shape index (κ2) is 8.11. The quantitative estimate of drug-likeness (QED) is 0.455. The normalized spacial score (nSPS) is 10.0. The lowest BCUT2D eigenvalue weighted by atomic mass is 10.0. The molecule has 0 N–H and O–H groups in total. The summed E-state index contributed by atoms with van der Waals surface area (Å²) in [6, 6.07) is 14.9. The number of carbonyl (C=O) groups is 2. The fraction of sp³-hybridized carbons (Fsp3) is 0.143. The van der Waals surface area contributed by atoms with Crippen molar-refractivity contribution in [2.24, 2.45) is 0 Å². The van der Waals surface area contributed by atoms with Crippen LogP contribution in [0, 0.1) is 0 Å². The summed E-state index contributed by atoms with van der Waals surface area (Å²) in [6.07, 6.45) is 0.722. The molecule has 0 aliphatic rings. The van der Waals surface area contributed by atoms with Crippen LogP contribution in [0.5, 0.6) is 5.75 Å². The lowest BCUT2D eigenvalue weighted by Gasteiger charge is -2.07. The number of carbonyl (C=O) groups excluding carboxylic acids is 2. The first-order valence-corrected chi connectivity index (χ1v) is 7.74. The number of ether oxygens (including phenoxy) is 2. The molecule has 0 atom stereocenters. The van der Waals surface area contributed by atoms with E-state index in [9.17, 15) is 9.59 Å². The molecule has 0 amide bonds. The van der Waals surface area contributed by atoms with Crippen molar-refractivity contribution in [3.8, 4) is 5.75 Å². The van der Waals surface area contributed by atoms with Crippen molar-refractivity contribution in [3.05, 3.63) is 84.0 Å². The van der Waals surface area contributed by atoms with E-state index in [1.54, 1.807) is 19.1 Å². The molecule has 2 rings (SSSR count). The van der Waals surface area contributed by atoms with E-state index in [0.29, 0.717) is 16.9 Å². The number of benzene rings is 2. The Hall–Kier alpha value is -3.14. The lowest BCUT2D eigenvalue weighted by Crippen LogP contribution is -2.08. The molecule has 0 aliphatic carbocycles. The van der Waals surface area contributed by atoms with Crippen molar-refractivity contribution in [2.75, 3.05) is 7.11 Å². The largest absolute Gasteiger partial charge is 0.465 e. The van der Waals surface area contributed by atoms with E-state index in [2.05, 4.69) is 17.9 Å². The van der Waals surface area contributed by atoms with Crippen LogP contribution in [0.15, 0.2) is 67.3 Å². The van der Waals surface area contributed by atoms with E-state index in [1.165, 1.54) is 7.11 Å². The maximum Gasteiger partial charge on any atom is 0.338 e. The molecular weight excluding hydrogens is 316 g/mol. The van der Waals surface area contributed by atoms with Gasteiger partial charge in [-0.3, -0.25) is 0 Å². The molecule has 0 heterocycles. The maximum absolute atomic E-state index is 11.5. The highest BCUT2D eigenvalue weighted by molar-refractivity contribution is 6.15. The SMILES string of the molecule is C=C(C)C(=O)Oc1ccc(Cc2ccc(C(=C)C(=O)OC)cc2)cc1. The average molecular weight is 336 g/mol. The molecule has 0 unspecified atom stereocenters. The lowest BCUT2D eigenvalue weighted by molar-refractivity contribution is -0.133. The summed E-state index contributed by atoms with van der Waals surface area (Å²) in [6.45, 7) is 8.89. The number of rotatable bonds is 6. The van der Waals surface area contributed by atoms with E-state index in [0.717, 1.165) is 23.1 Å². The van der Waals surface area contributed by atoms with E-state index in [-0.39, 0.29) is 0 Å². The van der Waals surface area contributed by atoms with Gasteiger partial charge in [-0.25, -0.2) is 9.59 Å². The first kappa shape index (κ1) is 18.2. The van der Waals surface area contributed by atoms with Gasteiger partial charge in [-0.2, -0.15) is 0 Å². The highest BCUT2D eigenvalue weighted by atomic mass is 16.5. The molecule has 0 saturated heterocycles. The van der Waals surface area contributed by atoms with Crippen LogP contribution in [0.2, 0.25) is 0 Å². The van der Waals surface area contributed by atoms with Crippen LogP contribution in [0.4, 0.5) is 0 Å². The van der Waals surface area contributed by atoms with Crippen molar-refractivity contribution in [2.45, 2.75) is 13.3 Å². The first-order valence-electron chi connectivity index (χ1n) is 7.74. The first-order chi connectivity index (χ1) is 11.9. The van der Waals surface area contributed by atoms with Crippen LogP contribution in [-0.2, 0) is 20.7 Å². The third kappa shape index (κ3) is 4.91. The molecule has 0 fully saturated rings. The molecule has 25 heavy (non-hydrogen) atoms. The third-order valence-electron chi connectivity index (χ3n) is 3.62. The average Bonchev–Trinajstić information content (AvgIpc) is 2.62. The predicted octanol–water partition coefficient (Wildman–Crippen LogP) is 3.95. The molecule has 128 valence electrons. The van der Waals surface area contributed by atoms with Gasteiger partial charge in [-0.1, -0.05) is 49.6 Å². The zero-order chi connectivity index (χ0) is 18.4. The molecule has 0 spiro atoms. The monoisotopic (exact) mass is 336 g/mol. The standard InChI is InChI=1S/C21H20O4/c1-14(2)20(22)25-19-11-7-17(8-12-19)13-16-5-9-18(10-6-16)15(3)21(23)24-4/h5-12H,1,3,13H2,2,4H3. The van der Waals surface area contributed by atoms with Crippen molar-refractivity contribution in [3.63, 3.8) is 0 Å². The fourth-order valence-corrected chi connectivity index (χ4v) is 2.17. The molecule has 4 heteroatoms. The number of hydrogen-bond donors (Lipinski definition) is 0. The summed E-state index contributed by atoms with van der Waals surface area (Å²) < 4.78 is 9.83. The van der Waals surface area contributed by atoms with Gasteiger partial charge in [0.25, 0.3) is 0 Å². The molecule has 2 aromatic carbocycles. The molecule has 0 aromatic heterocycles. The Morgan fingerprint density at radius 1 is 0.880 bits per heavy atom. The smallest absolute Gasteiger partial charge is 0.338 e. The van der Waals surface area contributed by atoms with E-state index < -0.39 is 11.9 Å². The second-order valence-electron chi connectivity index (χ2n) is 5.66. The van der Waals surface area contributed by atoms with E-state index in [1.807, 2.05) is 36.4 Å². The van der Waals surface area contributed by atoms with Gasteiger partial charge >= 0.3 is 11.9 Å². The zero-order valence-electron chi connectivity index (χ0n) is 14.4. The van der Waals surface area contributed by atoms with Gasteiger partial charge in [0.05, 0.1) is 12.7 Å². The molecule has 0 saturated carbocycles. The Bertz CT molecular complexity index is 799. The van der Waals surface area contributed by atoms with Crippen LogP contribution in [0.1, 0.15) is 23.6 Å². The Kier molecular flexibility index (Phi) is 5.90. The Morgan fingerprint density at radius 3 is 1.88 bits per heavy atom. The van der Waals surface area contributed by atoms with Gasteiger partial charge in [-0.05, 0) is 42.2 Å². The van der Waals surface area contributed by atoms with Crippen LogP contribution >= 0.6 is 0 Å². The molecule has 0 aliphatic heterocycles. The van der Waals surface area contributed by atoms with Gasteiger partial charge in [0.2, 0.25) is 0 Å². The maximum atomic E-state index is 11.5. The molecule has 4 nitrogen and oxygen atoms in total. The van der Waals surface area contributed by atoms with Gasteiger partial charge in [0.1, 0.15) is 5.75 Å². The highest BCUT2D eigenvalue weighted by Gasteiger charge is 2.09. The molecule has 0 radical (unpaired) electrons. The van der Waals surface area contributed by atoms with E-state index in [4.69, 9.17) is 4.74 Å². The minimum absolute atomic E-state index is 0.331. The van der Waals surface area contributed by atoms with Crippen molar-refractivity contribution >= 4 is 17.5 Å². The minimum atomic E-state index is -0.437. The molecular formula is C21H20O4. The summed E-state index contributed by atoms with van der Waals surface area (Å²) in [4.78, 5) is 23.0.